The van der Waals surface area contributed by atoms with E-state index in [1.807, 2.05) is 11.8 Å². The van der Waals surface area contributed by atoms with Gasteiger partial charge in [-0.05, 0) is 42.5 Å². The highest BCUT2D eigenvalue weighted by molar-refractivity contribution is 7.99. The van der Waals surface area contributed by atoms with Gasteiger partial charge >= 0.3 is 6.09 Å². The van der Waals surface area contributed by atoms with Crippen LogP contribution >= 0.6 is 11.8 Å². The molecule has 126 valence electrons. The number of aliphatic hydroxyl groups excluding tert-OH is 1. The number of anilines is 2. The summed E-state index contributed by atoms with van der Waals surface area (Å²) in [6.07, 6.45) is 1.00. The van der Waals surface area contributed by atoms with Gasteiger partial charge in [-0.15, -0.1) is 0 Å². The van der Waals surface area contributed by atoms with Gasteiger partial charge in [0.05, 0.1) is 24.5 Å². The molecule has 2 heterocycles. The Hall–Kier alpha value is -1.47. The molecule has 0 radical (unpaired) electrons. The average molecular weight is 340 g/mol. The fraction of sp³-hybridized carbons (Fsp3) is 0.562. The fourth-order valence-corrected chi connectivity index (χ4v) is 3.79. The number of rotatable bonds is 3. The lowest BCUT2D eigenvalue weighted by Gasteiger charge is -2.27. The van der Waals surface area contributed by atoms with Gasteiger partial charge in [0.2, 0.25) is 0 Å². The standard InChI is InChI=1S/C16H21FN2O3S/c17-14-9-12(19-10-13(11-20)22-16(19)21)3-4-15(14)18-5-1-7-23-8-2-6-18/h3-4,9,13,20H,1-2,5-8,10-11H2/t13-/m1/s1. The summed E-state index contributed by atoms with van der Waals surface area (Å²) in [6, 6.07) is 4.86. The number of cyclic esters (lactones) is 1. The minimum Gasteiger partial charge on any atom is -0.441 e. The van der Waals surface area contributed by atoms with Crippen molar-refractivity contribution in [1.82, 2.24) is 0 Å². The van der Waals surface area contributed by atoms with E-state index in [0.717, 1.165) is 37.4 Å². The van der Waals surface area contributed by atoms with E-state index in [-0.39, 0.29) is 19.0 Å². The van der Waals surface area contributed by atoms with E-state index < -0.39 is 12.2 Å². The minimum atomic E-state index is -0.544. The Morgan fingerprint density at radius 3 is 2.65 bits per heavy atom. The first-order chi connectivity index (χ1) is 11.2. The first-order valence-electron chi connectivity index (χ1n) is 7.90. The lowest BCUT2D eigenvalue weighted by Crippen LogP contribution is -2.29. The second-order valence-electron chi connectivity index (χ2n) is 5.74. The summed E-state index contributed by atoms with van der Waals surface area (Å²) < 4.78 is 19.5. The molecule has 5 nitrogen and oxygen atoms in total. The number of amides is 1. The van der Waals surface area contributed by atoms with Crippen LogP contribution < -0.4 is 9.80 Å². The van der Waals surface area contributed by atoms with Crippen LogP contribution in [0.25, 0.3) is 0 Å². The van der Waals surface area contributed by atoms with Crippen LogP contribution in [0.4, 0.5) is 20.6 Å². The third-order valence-electron chi connectivity index (χ3n) is 4.09. The highest BCUT2D eigenvalue weighted by atomic mass is 32.2. The predicted octanol–water partition coefficient (Wildman–Crippen LogP) is 2.48. The van der Waals surface area contributed by atoms with Gasteiger partial charge in [0.1, 0.15) is 11.9 Å². The van der Waals surface area contributed by atoms with E-state index in [4.69, 9.17) is 9.84 Å². The zero-order valence-electron chi connectivity index (χ0n) is 12.9. The van der Waals surface area contributed by atoms with E-state index in [9.17, 15) is 9.18 Å². The summed E-state index contributed by atoms with van der Waals surface area (Å²) in [4.78, 5) is 15.2. The maximum atomic E-state index is 14.6. The normalized spacial score (nSPS) is 22.7. The summed E-state index contributed by atoms with van der Waals surface area (Å²) in [6.45, 7) is 1.72. The Kier molecular flexibility index (Phi) is 5.27. The maximum Gasteiger partial charge on any atom is 0.414 e. The SMILES string of the molecule is O=C1O[C@@H](CO)CN1c1ccc(N2CCCSCCC2)c(F)c1. The summed E-state index contributed by atoms with van der Waals surface area (Å²) >= 11 is 1.95. The van der Waals surface area contributed by atoms with Gasteiger partial charge in [-0.2, -0.15) is 11.8 Å². The molecule has 0 spiro atoms. The van der Waals surface area contributed by atoms with E-state index in [2.05, 4.69) is 4.90 Å². The molecular formula is C16H21FN2O3S. The molecule has 3 rings (SSSR count). The van der Waals surface area contributed by atoms with Crippen molar-refractivity contribution in [2.45, 2.75) is 18.9 Å². The van der Waals surface area contributed by atoms with Crippen molar-refractivity contribution in [1.29, 1.82) is 0 Å². The van der Waals surface area contributed by atoms with Crippen molar-refractivity contribution < 1.29 is 19.0 Å². The first-order valence-corrected chi connectivity index (χ1v) is 9.06. The summed E-state index contributed by atoms with van der Waals surface area (Å²) in [5.74, 6) is 1.90. The van der Waals surface area contributed by atoms with Crippen LogP contribution in [-0.2, 0) is 4.74 Å². The summed E-state index contributed by atoms with van der Waals surface area (Å²) in [5, 5.41) is 9.08. The lowest BCUT2D eigenvalue weighted by atomic mass is 10.2. The second-order valence-corrected chi connectivity index (χ2v) is 6.97. The van der Waals surface area contributed by atoms with Crippen molar-refractivity contribution in [3.05, 3.63) is 24.0 Å². The Bertz CT molecular complexity index is 564. The van der Waals surface area contributed by atoms with Crippen molar-refractivity contribution in [3.63, 3.8) is 0 Å². The molecule has 2 aliphatic heterocycles. The number of carbonyl (C=O) groups is 1. The molecule has 0 bridgehead atoms. The molecule has 23 heavy (non-hydrogen) atoms. The predicted molar refractivity (Wildman–Crippen MR) is 89.9 cm³/mol. The molecule has 0 unspecified atom stereocenters. The Balaban J connectivity index is 1.76. The average Bonchev–Trinajstić information content (AvgIpc) is 2.89. The fourth-order valence-electron chi connectivity index (χ4n) is 2.92. The van der Waals surface area contributed by atoms with E-state index >= 15 is 0 Å². The molecule has 0 aromatic heterocycles. The highest BCUT2D eigenvalue weighted by Gasteiger charge is 2.32. The van der Waals surface area contributed by atoms with Gasteiger partial charge < -0.3 is 14.7 Å². The van der Waals surface area contributed by atoms with Gasteiger partial charge in [-0.1, -0.05) is 0 Å². The Labute approximate surface area is 139 Å². The molecule has 0 saturated carbocycles. The Morgan fingerprint density at radius 1 is 1.30 bits per heavy atom. The molecule has 1 atom stereocenters. The van der Waals surface area contributed by atoms with Crippen LogP contribution in [-0.4, -0.2) is 55.1 Å². The maximum absolute atomic E-state index is 14.6. The molecule has 2 fully saturated rings. The molecule has 1 N–H and O–H groups in total. The van der Waals surface area contributed by atoms with Crippen molar-refractivity contribution >= 4 is 29.2 Å². The second kappa shape index (κ2) is 7.40. The third-order valence-corrected chi connectivity index (χ3v) is 5.25. The molecule has 2 saturated heterocycles. The van der Waals surface area contributed by atoms with Crippen LogP contribution in [0.3, 0.4) is 0 Å². The number of halogens is 1. The summed E-state index contributed by atoms with van der Waals surface area (Å²) in [5.41, 5.74) is 1.06. The van der Waals surface area contributed by atoms with Gasteiger partial charge in [0.15, 0.2) is 0 Å². The zero-order chi connectivity index (χ0) is 16.2. The van der Waals surface area contributed by atoms with Gasteiger partial charge in [-0.25, -0.2) is 9.18 Å². The highest BCUT2D eigenvalue weighted by Crippen LogP contribution is 2.29. The van der Waals surface area contributed by atoms with Crippen LogP contribution in [0.2, 0.25) is 0 Å². The topological polar surface area (TPSA) is 53.0 Å². The van der Waals surface area contributed by atoms with Crippen LogP contribution in [0.1, 0.15) is 12.8 Å². The number of benzene rings is 1. The molecule has 1 aromatic rings. The molecule has 1 aromatic carbocycles. The molecule has 1 amide bonds. The van der Waals surface area contributed by atoms with Crippen molar-refractivity contribution in [2.24, 2.45) is 0 Å². The number of nitrogens with zero attached hydrogens (tertiary/aromatic N) is 2. The minimum absolute atomic E-state index is 0.228. The lowest BCUT2D eigenvalue weighted by molar-refractivity contribution is 0.0963. The van der Waals surface area contributed by atoms with E-state index in [1.54, 1.807) is 12.1 Å². The number of hydrogen-bond donors (Lipinski definition) is 1. The summed E-state index contributed by atoms with van der Waals surface area (Å²) in [7, 11) is 0. The zero-order valence-corrected chi connectivity index (χ0v) is 13.7. The number of aliphatic hydroxyl groups is 1. The van der Waals surface area contributed by atoms with E-state index in [0.29, 0.717) is 11.4 Å². The van der Waals surface area contributed by atoms with Crippen LogP contribution in [0.15, 0.2) is 18.2 Å². The van der Waals surface area contributed by atoms with Gasteiger partial charge in [0, 0.05) is 13.1 Å². The third kappa shape index (κ3) is 3.72. The molecular weight excluding hydrogens is 319 g/mol. The van der Waals surface area contributed by atoms with Crippen LogP contribution in [0, 0.1) is 5.82 Å². The van der Waals surface area contributed by atoms with Crippen molar-refractivity contribution in [3.8, 4) is 0 Å². The van der Waals surface area contributed by atoms with Gasteiger partial charge in [0.25, 0.3) is 0 Å². The molecule has 7 heteroatoms. The number of ether oxygens (including phenoxy) is 1. The monoisotopic (exact) mass is 340 g/mol. The molecule has 2 aliphatic rings. The smallest absolute Gasteiger partial charge is 0.414 e. The molecule has 0 aliphatic carbocycles. The number of carbonyl (C=O) groups excluding carboxylic acids is 1. The van der Waals surface area contributed by atoms with E-state index in [1.165, 1.54) is 11.0 Å². The first kappa shape index (κ1) is 16.4. The van der Waals surface area contributed by atoms with Gasteiger partial charge in [-0.3, -0.25) is 4.90 Å². The van der Waals surface area contributed by atoms with Crippen LogP contribution in [0.5, 0.6) is 0 Å². The Morgan fingerprint density at radius 2 is 2.04 bits per heavy atom. The number of hydrogen-bond acceptors (Lipinski definition) is 5. The number of thioether (sulfide) groups is 1. The largest absolute Gasteiger partial charge is 0.441 e. The van der Waals surface area contributed by atoms with Crippen molar-refractivity contribution in [2.75, 3.05) is 47.5 Å². The quantitative estimate of drug-likeness (QED) is 0.916.